The molecular formula is C28H29ClN4O4S. The molecule has 2 atom stereocenters. The number of thiophene rings is 1. The average molecular weight is 553 g/mol. The summed E-state index contributed by atoms with van der Waals surface area (Å²) in [5, 5.41) is 0.577. The average Bonchev–Trinajstić information content (AvgIpc) is 3.48. The number of likely N-dealkylation sites (tertiary alicyclic amines) is 1. The second-order valence-electron chi connectivity index (χ2n) is 9.83. The lowest BCUT2D eigenvalue weighted by molar-refractivity contribution is -0.244. The lowest BCUT2D eigenvalue weighted by Gasteiger charge is -2.44. The van der Waals surface area contributed by atoms with Crippen molar-refractivity contribution < 1.29 is 19.0 Å². The predicted octanol–water partition coefficient (Wildman–Crippen LogP) is 6.08. The third-order valence-electron chi connectivity index (χ3n) is 7.21. The first-order chi connectivity index (χ1) is 18.4. The van der Waals surface area contributed by atoms with Gasteiger partial charge in [-0.1, -0.05) is 29.8 Å². The maximum atomic E-state index is 12.0. The number of pyridine rings is 1. The number of carbonyl (C=O) groups is 1. The van der Waals surface area contributed by atoms with E-state index >= 15 is 0 Å². The van der Waals surface area contributed by atoms with Gasteiger partial charge in [0.2, 0.25) is 0 Å². The molecule has 8 nitrogen and oxygen atoms in total. The molecule has 3 aromatic heterocycles. The van der Waals surface area contributed by atoms with Gasteiger partial charge in [0.05, 0.1) is 29.8 Å². The Labute approximate surface area is 229 Å². The van der Waals surface area contributed by atoms with Gasteiger partial charge < -0.3 is 19.2 Å². The van der Waals surface area contributed by atoms with Crippen molar-refractivity contribution in [2.75, 3.05) is 19.7 Å². The highest BCUT2D eigenvalue weighted by Crippen LogP contribution is 2.48. The molecule has 0 radical (unpaired) electrons. The van der Waals surface area contributed by atoms with E-state index in [-0.39, 0.29) is 12.1 Å². The van der Waals surface area contributed by atoms with E-state index in [0.717, 1.165) is 60.0 Å². The van der Waals surface area contributed by atoms with Crippen molar-refractivity contribution in [1.82, 2.24) is 19.9 Å². The second kappa shape index (κ2) is 10.3. The molecule has 2 aliphatic heterocycles. The van der Waals surface area contributed by atoms with Crippen LogP contribution in [0, 0.1) is 5.92 Å². The standard InChI is InChI=1S/C28H29ClN4O4S/c1-3-35-27(34)22-14-20-26(38-22)32-24(31-20)16-33-12-10-17(11-13-33)25-19-6-4-5-7-21(19)36-28(2,37-25)23-9-8-18(29)15-30-23/h4-9,14-15,17,25H,3,10-13,16H2,1-2H3,(H,31,32)/t25?,28-/m1/s1. The first-order valence-electron chi connectivity index (χ1n) is 12.9. The molecule has 1 aromatic carbocycles. The fourth-order valence-electron chi connectivity index (χ4n) is 5.32. The number of rotatable bonds is 6. The largest absolute Gasteiger partial charge is 0.462 e. The normalized spacial score (nSPS) is 22.2. The quantitative estimate of drug-likeness (QED) is 0.290. The molecule has 6 rings (SSSR count). The van der Waals surface area contributed by atoms with E-state index in [1.165, 1.54) is 11.3 Å². The zero-order chi connectivity index (χ0) is 26.3. The third-order valence-corrected chi connectivity index (χ3v) is 8.45. The lowest BCUT2D eigenvalue weighted by Crippen LogP contribution is -2.43. The number of benzene rings is 1. The molecule has 0 aliphatic carbocycles. The number of esters is 1. The maximum absolute atomic E-state index is 12.0. The minimum atomic E-state index is -0.997. The number of H-pyrrole nitrogens is 1. The molecule has 1 fully saturated rings. The highest BCUT2D eigenvalue weighted by molar-refractivity contribution is 7.20. The molecule has 0 amide bonds. The minimum Gasteiger partial charge on any atom is -0.462 e. The van der Waals surface area contributed by atoms with Crippen LogP contribution in [0.15, 0.2) is 48.7 Å². The molecule has 1 saturated heterocycles. The summed E-state index contributed by atoms with van der Waals surface area (Å²) in [5.74, 6) is 0.795. The van der Waals surface area contributed by atoms with Crippen LogP contribution >= 0.6 is 22.9 Å². The van der Waals surface area contributed by atoms with Crippen molar-refractivity contribution >= 4 is 39.3 Å². The Kier molecular flexibility index (Phi) is 6.86. The van der Waals surface area contributed by atoms with Crippen molar-refractivity contribution in [3.05, 3.63) is 75.6 Å². The number of aromatic amines is 1. The fourth-order valence-corrected chi connectivity index (χ4v) is 6.33. The number of carbonyl (C=O) groups excluding carboxylic acids is 1. The van der Waals surface area contributed by atoms with Crippen LogP contribution in [0.25, 0.3) is 10.3 Å². The molecule has 0 bridgehead atoms. The summed E-state index contributed by atoms with van der Waals surface area (Å²) in [4.78, 5) is 28.4. The molecule has 5 heterocycles. The predicted molar refractivity (Wildman–Crippen MR) is 145 cm³/mol. The maximum Gasteiger partial charge on any atom is 0.348 e. The Morgan fingerprint density at radius 2 is 2.08 bits per heavy atom. The summed E-state index contributed by atoms with van der Waals surface area (Å²) in [6.07, 6.45) is 3.51. The number of ether oxygens (including phenoxy) is 3. The van der Waals surface area contributed by atoms with E-state index in [4.69, 9.17) is 30.8 Å². The summed E-state index contributed by atoms with van der Waals surface area (Å²) in [6, 6.07) is 13.6. The number of nitrogens with one attached hydrogen (secondary N) is 1. The van der Waals surface area contributed by atoms with Crippen LogP contribution in [0.5, 0.6) is 5.75 Å². The number of aromatic nitrogens is 3. The number of nitrogens with zero attached hydrogens (tertiary/aromatic N) is 3. The minimum absolute atomic E-state index is 0.0974. The monoisotopic (exact) mass is 552 g/mol. The molecule has 2 aliphatic rings. The van der Waals surface area contributed by atoms with Crippen molar-refractivity contribution in [1.29, 1.82) is 0 Å². The Morgan fingerprint density at radius 1 is 1.26 bits per heavy atom. The van der Waals surface area contributed by atoms with E-state index < -0.39 is 5.79 Å². The number of halogens is 1. The zero-order valence-electron chi connectivity index (χ0n) is 21.3. The van der Waals surface area contributed by atoms with Crippen LogP contribution in [0.4, 0.5) is 0 Å². The third kappa shape index (κ3) is 4.91. The van der Waals surface area contributed by atoms with Crippen LogP contribution in [-0.2, 0) is 21.8 Å². The summed E-state index contributed by atoms with van der Waals surface area (Å²) < 4.78 is 18.1. The first-order valence-corrected chi connectivity index (χ1v) is 14.1. The zero-order valence-corrected chi connectivity index (χ0v) is 22.8. The van der Waals surface area contributed by atoms with Crippen molar-refractivity contribution in [2.45, 2.75) is 45.1 Å². The fraction of sp³-hybridized carbons (Fsp3) is 0.393. The van der Waals surface area contributed by atoms with Crippen LogP contribution in [0.2, 0.25) is 5.02 Å². The van der Waals surface area contributed by atoms with Crippen LogP contribution in [0.1, 0.15) is 59.5 Å². The van der Waals surface area contributed by atoms with E-state index in [9.17, 15) is 4.79 Å². The molecule has 1 N–H and O–H groups in total. The van der Waals surface area contributed by atoms with E-state index in [0.29, 0.717) is 28.1 Å². The molecule has 1 unspecified atom stereocenters. The smallest absolute Gasteiger partial charge is 0.348 e. The van der Waals surface area contributed by atoms with Gasteiger partial charge >= 0.3 is 5.97 Å². The van der Waals surface area contributed by atoms with E-state index in [2.05, 4.69) is 20.9 Å². The molecule has 4 aromatic rings. The van der Waals surface area contributed by atoms with E-state index in [1.807, 2.05) is 43.3 Å². The summed E-state index contributed by atoms with van der Waals surface area (Å²) in [6.45, 7) is 6.70. The Hall–Kier alpha value is -2.98. The first kappa shape index (κ1) is 25.3. The van der Waals surface area contributed by atoms with E-state index in [1.54, 1.807) is 13.1 Å². The number of imidazole rings is 1. The van der Waals surface area contributed by atoms with Gasteiger partial charge in [0.15, 0.2) is 0 Å². The Balaban J connectivity index is 1.14. The number of piperidine rings is 1. The Morgan fingerprint density at radius 3 is 2.82 bits per heavy atom. The summed E-state index contributed by atoms with van der Waals surface area (Å²) in [5.41, 5.74) is 2.66. The Bertz CT molecular complexity index is 1420. The topological polar surface area (TPSA) is 89.6 Å². The van der Waals surface area contributed by atoms with Gasteiger partial charge in [0.25, 0.3) is 5.79 Å². The highest BCUT2D eigenvalue weighted by atomic mass is 35.5. The molecule has 38 heavy (non-hydrogen) atoms. The second-order valence-corrected chi connectivity index (χ2v) is 11.3. The van der Waals surface area contributed by atoms with Gasteiger partial charge in [-0.3, -0.25) is 9.88 Å². The number of hydrogen-bond acceptors (Lipinski definition) is 8. The summed E-state index contributed by atoms with van der Waals surface area (Å²) >= 11 is 7.44. The van der Waals surface area contributed by atoms with Gasteiger partial charge in [-0.25, -0.2) is 9.78 Å². The van der Waals surface area contributed by atoms with Crippen molar-refractivity contribution in [2.24, 2.45) is 5.92 Å². The lowest BCUT2D eigenvalue weighted by atomic mass is 9.86. The molecule has 0 spiro atoms. The van der Waals surface area contributed by atoms with Gasteiger partial charge in [0, 0.05) is 18.7 Å². The van der Waals surface area contributed by atoms with Crippen LogP contribution < -0.4 is 4.74 Å². The van der Waals surface area contributed by atoms with Gasteiger partial charge in [-0.05, 0) is 63.0 Å². The number of para-hydroxylation sites is 1. The summed E-state index contributed by atoms with van der Waals surface area (Å²) in [7, 11) is 0. The van der Waals surface area contributed by atoms with Crippen LogP contribution in [0.3, 0.4) is 0 Å². The van der Waals surface area contributed by atoms with Gasteiger partial charge in [-0.15, -0.1) is 11.3 Å². The van der Waals surface area contributed by atoms with Crippen molar-refractivity contribution in [3.63, 3.8) is 0 Å². The number of fused-ring (bicyclic) bond motifs is 2. The number of hydrogen-bond donors (Lipinski definition) is 1. The van der Waals surface area contributed by atoms with Gasteiger partial charge in [0.1, 0.15) is 27.0 Å². The van der Waals surface area contributed by atoms with Crippen LogP contribution in [-0.4, -0.2) is 45.5 Å². The SMILES string of the molecule is CCOC(=O)c1cc2[nH]c(CN3CCC(C4O[C@](C)(c5ccc(Cl)cn5)Oc5ccccc54)CC3)nc2s1. The molecule has 198 valence electrons. The molecule has 10 heteroatoms. The van der Waals surface area contributed by atoms with Crippen molar-refractivity contribution in [3.8, 4) is 5.75 Å². The highest BCUT2D eigenvalue weighted by Gasteiger charge is 2.44. The molecular weight excluding hydrogens is 524 g/mol. The molecule has 0 saturated carbocycles. The van der Waals surface area contributed by atoms with Gasteiger partial charge in [-0.2, -0.15) is 0 Å².